The molecule has 0 saturated carbocycles. The molecule has 0 amide bonds. The van der Waals surface area contributed by atoms with Gasteiger partial charge in [-0.3, -0.25) is 4.98 Å². The van der Waals surface area contributed by atoms with Crippen molar-refractivity contribution in [1.82, 2.24) is 9.97 Å². The summed E-state index contributed by atoms with van der Waals surface area (Å²) in [7, 11) is 0. The Hall–Kier alpha value is -3.19. The number of hydrogen-bond donors (Lipinski definition) is 0. The number of nitriles is 1. The van der Waals surface area contributed by atoms with Gasteiger partial charge in [0.1, 0.15) is 11.8 Å². The van der Waals surface area contributed by atoms with Gasteiger partial charge in [-0.25, -0.2) is 4.98 Å². The highest BCUT2D eigenvalue weighted by Gasteiger charge is 2.20. The fraction of sp³-hybridized carbons (Fsp3) is 0.346. The average Bonchev–Trinajstić information content (AvgIpc) is 2.68. The highest BCUT2D eigenvalue weighted by molar-refractivity contribution is 5.59. The number of rotatable bonds is 3. The standard InChI is InChI=1S/C26H29N3O/c1-17-9-8-10-18(16-27)24(17)30-23-15-20(26(5,6)7)14-22(29-23)21-13-19(11-12-28-21)25(2,3)4/h8-15H,1-7H3. The number of para-hydroxylation sites is 1. The molecule has 0 fully saturated rings. The lowest BCUT2D eigenvalue weighted by Crippen LogP contribution is -2.13. The van der Waals surface area contributed by atoms with Gasteiger partial charge in [-0.15, -0.1) is 0 Å². The Morgan fingerprint density at radius 3 is 2.17 bits per heavy atom. The van der Waals surface area contributed by atoms with Crippen LogP contribution in [0.2, 0.25) is 0 Å². The van der Waals surface area contributed by atoms with Crippen LogP contribution in [0.15, 0.2) is 48.7 Å². The van der Waals surface area contributed by atoms with Crippen molar-refractivity contribution in [3.05, 3.63) is 70.9 Å². The third-order valence-corrected chi connectivity index (χ3v) is 5.10. The Labute approximate surface area is 179 Å². The van der Waals surface area contributed by atoms with Gasteiger partial charge in [-0.2, -0.15) is 5.26 Å². The maximum Gasteiger partial charge on any atom is 0.220 e. The van der Waals surface area contributed by atoms with Crippen molar-refractivity contribution in [2.24, 2.45) is 0 Å². The van der Waals surface area contributed by atoms with E-state index in [2.05, 4.69) is 64.7 Å². The molecule has 0 saturated heterocycles. The molecule has 4 nitrogen and oxygen atoms in total. The molecule has 3 aromatic rings. The fourth-order valence-corrected chi connectivity index (χ4v) is 3.14. The van der Waals surface area contributed by atoms with Gasteiger partial charge in [0.05, 0.1) is 17.0 Å². The molecule has 0 aliphatic carbocycles. The zero-order valence-electron chi connectivity index (χ0n) is 18.9. The summed E-state index contributed by atoms with van der Waals surface area (Å²) in [6.07, 6.45) is 1.83. The minimum Gasteiger partial charge on any atom is -0.437 e. The van der Waals surface area contributed by atoms with E-state index in [1.807, 2.05) is 37.4 Å². The molecule has 154 valence electrons. The molecule has 0 atom stereocenters. The van der Waals surface area contributed by atoms with E-state index in [0.29, 0.717) is 17.2 Å². The Morgan fingerprint density at radius 1 is 0.867 bits per heavy atom. The molecule has 2 heterocycles. The van der Waals surface area contributed by atoms with Crippen LogP contribution in [0.1, 0.15) is 63.8 Å². The van der Waals surface area contributed by atoms with Gasteiger partial charge in [-0.05, 0) is 58.7 Å². The molecular formula is C26H29N3O. The summed E-state index contributed by atoms with van der Waals surface area (Å²) < 4.78 is 6.17. The predicted molar refractivity (Wildman–Crippen MR) is 121 cm³/mol. The van der Waals surface area contributed by atoms with Gasteiger partial charge in [-0.1, -0.05) is 53.7 Å². The lowest BCUT2D eigenvalue weighted by atomic mass is 9.86. The van der Waals surface area contributed by atoms with E-state index in [-0.39, 0.29) is 10.8 Å². The summed E-state index contributed by atoms with van der Waals surface area (Å²) >= 11 is 0. The van der Waals surface area contributed by atoms with Gasteiger partial charge in [0.15, 0.2) is 0 Å². The number of aromatic nitrogens is 2. The van der Waals surface area contributed by atoms with E-state index in [4.69, 9.17) is 9.72 Å². The Morgan fingerprint density at radius 2 is 1.53 bits per heavy atom. The zero-order valence-corrected chi connectivity index (χ0v) is 18.9. The van der Waals surface area contributed by atoms with Gasteiger partial charge in [0.25, 0.3) is 0 Å². The van der Waals surface area contributed by atoms with Crippen LogP contribution in [-0.4, -0.2) is 9.97 Å². The van der Waals surface area contributed by atoms with Crippen LogP contribution in [0.25, 0.3) is 11.4 Å². The summed E-state index contributed by atoms with van der Waals surface area (Å²) in [5.74, 6) is 1.01. The van der Waals surface area contributed by atoms with Gasteiger partial charge >= 0.3 is 0 Å². The molecular weight excluding hydrogens is 370 g/mol. The summed E-state index contributed by atoms with van der Waals surface area (Å²) in [5, 5.41) is 9.48. The maximum absolute atomic E-state index is 9.48. The van der Waals surface area contributed by atoms with Crippen molar-refractivity contribution in [1.29, 1.82) is 5.26 Å². The molecule has 0 aliphatic heterocycles. The van der Waals surface area contributed by atoms with Crippen molar-refractivity contribution >= 4 is 0 Å². The number of hydrogen-bond acceptors (Lipinski definition) is 4. The molecule has 0 N–H and O–H groups in total. The van der Waals surface area contributed by atoms with Crippen molar-refractivity contribution in [3.8, 4) is 29.1 Å². The van der Waals surface area contributed by atoms with E-state index in [0.717, 1.165) is 22.5 Å². The second-order valence-electron chi connectivity index (χ2n) is 9.67. The summed E-state index contributed by atoms with van der Waals surface area (Å²) in [5.41, 5.74) is 5.17. The third kappa shape index (κ3) is 4.68. The van der Waals surface area contributed by atoms with Crippen LogP contribution in [0, 0.1) is 18.3 Å². The van der Waals surface area contributed by atoms with Crippen LogP contribution in [-0.2, 0) is 10.8 Å². The molecule has 0 radical (unpaired) electrons. The van der Waals surface area contributed by atoms with Crippen molar-refractivity contribution < 1.29 is 4.74 Å². The Kier molecular flexibility index (Phi) is 5.67. The monoisotopic (exact) mass is 399 g/mol. The van der Waals surface area contributed by atoms with Crippen molar-refractivity contribution in [2.45, 2.75) is 59.3 Å². The minimum absolute atomic E-state index is 0.0154. The van der Waals surface area contributed by atoms with E-state index in [1.165, 1.54) is 5.56 Å². The smallest absolute Gasteiger partial charge is 0.220 e. The predicted octanol–water partition coefficient (Wildman–Crippen LogP) is 6.71. The summed E-state index contributed by atoms with van der Waals surface area (Å²) in [6, 6.07) is 15.9. The quantitative estimate of drug-likeness (QED) is 0.491. The van der Waals surface area contributed by atoms with Gasteiger partial charge in [0, 0.05) is 12.3 Å². The third-order valence-electron chi connectivity index (χ3n) is 5.10. The molecule has 4 heteroatoms. The molecule has 0 spiro atoms. The molecule has 0 bridgehead atoms. The highest BCUT2D eigenvalue weighted by Crippen LogP contribution is 2.34. The van der Waals surface area contributed by atoms with E-state index < -0.39 is 0 Å². The number of ether oxygens (including phenoxy) is 1. The second-order valence-corrected chi connectivity index (χ2v) is 9.67. The Bertz CT molecular complexity index is 1110. The number of nitrogens with zero attached hydrogens (tertiary/aromatic N) is 3. The second kappa shape index (κ2) is 7.91. The molecule has 2 aromatic heterocycles. The molecule has 30 heavy (non-hydrogen) atoms. The first kappa shape index (κ1) is 21.5. The first-order valence-electron chi connectivity index (χ1n) is 10.2. The first-order valence-corrected chi connectivity index (χ1v) is 10.2. The minimum atomic E-state index is -0.0960. The maximum atomic E-state index is 9.48. The number of aryl methyl sites for hydroxylation is 1. The normalized spacial score (nSPS) is 11.8. The van der Waals surface area contributed by atoms with E-state index in [1.54, 1.807) is 6.07 Å². The highest BCUT2D eigenvalue weighted by atomic mass is 16.5. The van der Waals surface area contributed by atoms with E-state index >= 15 is 0 Å². The molecule has 1 aromatic carbocycles. The van der Waals surface area contributed by atoms with Crippen LogP contribution >= 0.6 is 0 Å². The lowest BCUT2D eigenvalue weighted by Gasteiger charge is -2.22. The molecule has 0 aliphatic rings. The summed E-state index contributed by atoms with van der Waals surface area (Å²) in [6.45, 7) is 14.9. The first-order chi connectivity index (χ1) is 14.0. The number of benzene rings is 1. The number of pyridine rings is 2. The SMILES string of the molecule is Cc1cccc(C#N)c1Oc1cc(C(C)(C)C)cc(-c2cc(C(C)(C)C)ccn2)n1. The largest absolute Gasteiger partial charge is 0.437 e. The Balaban J connectivity index is 2.15. The van der Waals surface area contributed by atoms with E-state index in [9.17, 15) is 5.26 Å². The molecule has 0 unspecified atom stereocenters. The lowest BCUT2D eigenvalue weighted by molar-refractivity contribution is 0.455. The fourth-order valence-electron chi connectivity index (χ4n) is 3.14. The summed E-state index contributed by atoms with van der Waals surface area (Å²) in [4.78, 5) is 9.33. The zero-order chi connectivity index (χ0) is 22.1. The van der Waals surface area contributed by atoms with Gasteiger partial charge < -0.3 is 4.74 Å². The molecule has 3 rings (SSSR count). The van der Waals surface area contributed by atoms with Crippen LogP contribution < -0.4 is 4.74 Å². The van der Waals surface area contributed by atoms with Crippen LogP contribution in [0.5, 0.6) is 11.6 Å². The van der Waals surface area contributed by atoms with Crippen molar-refractivity contribution in [2.75, 3.05) is 0 Å². The van der Waals surface area contributed by atoms with Crippen LogP contribution in [0.3, 0.4) is 0 Å². The van der Waals surface area contributed by atoms with Crippen molar-refractivity contribution in [3.63, 3.8) is 0 Å². The topological polar surface area (TPSA) is 58.8 Å². The average molecular weight is 400 g/mol. The van der Waals surface area contributed by atoms with Gasteiger partial charge in [0.2, 0.25) is 5.88 Å². The van der Waals surface area contributed by atoms with Crippen LogP contribution in [0.4, 0.5) is 0 Å².